The summed E-state index contributed by atoms with van der Waals surface area (Å²) in [5.74, 6) is 2.22. The van der Waals surface area contributed by atoms with Crippen LogP contribution in [0.1, 0.15) is 11.1 Å². The fourth-order valence-electron chi connectivity index (χ4n) is 7.02. The lowest BCUT2D eigenvalue weighted by Crippen LogP contribution is -2.77. The van der Waals surface area contributed by atoms with Crippen molar-refractivity contribution in [1.82, 2.24) is 9.25 Å². The highest BCUT2D eigenvalue weighted by Gasteiger charge is 2.69. The van der Waals surface area contributed by atoms with E-state index >= 15 is 0 Å². The number of para-hydroxylation sites is 1. The van der Waals surface area contributed by atoms with Crippen molar-refractivity contribution in [2.45, 2.75) is 15.5 Å². The van der Waals surface area contributed by atoms with Crippen molar-refractivity contribution >= 4 is 31.6 Å². The lowest BCUT2D eigenvalue weighted by molar-refractivity contribution is -0.994. The van der Waals surface area contributed by atoms with Gasteiger partial charge in [0.05, 0.1) is 12.4 Å². The molecule has 0 saturated heterocycles. The number of rotatable bonds is 0. The van der Waals surface area contributed by atoms with Crippen LogP contribution in [0, 0.1) is 0 Å². The summed E-state index contributed by atoms with van der Waals surface area (Å²) < 4.78 is 43.1. The van der Waals surface area contributed by atoms with E-state index in [1.807, 2.05) is 54.9 Å². The molecule has 3 aromatic heterocycles. The summed E-state index contributed by atoms with van der Waals surface area (Å²) in [5.41, 5.74) is 3.95. The molecule has 0 amide bonds. The van der Waals surface area contributed by atoms with Gasteiger partial charge in [0.1, 0.15) is 27.6 Å². The number of hydrogen-bond donors (Lipinski definition) is 0. The second kappa shape index (κ2) is 4.85. The molecule has 0 radical (unpaired) electrons. The molecule has 0 aliphatic carbocycles. The van der Waals surface area contributed by atoms with E-state index in [1.54, 1.807) is 12.1 Å². The normalized spacial score (nSPS) is 20.2. The maximum Gasteiger partial charge on any atom is 0.397 e. The Bertz CT molecular complexity index is 2170. The number of sulfone groups is 1. The zero-order chi connectivity index (χ0) is 22.8. The van der Waals surface area contributed by atoms with Crippen LogP contribution < -0.4 is 14.0 Å². The zero-order valence-corrected chi connectivity index (χ0v) is 18.8. The van der Waals surface area contributed by atoms with E-state index in [-0.39, 0.29) is 0 Å². The molecule has 1 atom stereocenters. The minimum Gasteiger partial charge on any atom is -0.456 e. The van der Waals surface area contributed by atoms with Gasteiger partial charge in [-0.3, -0.25) is 0 Å². The Morgan fingerprint density at radius 3 is 2.54 bits per heavy atom. The highest BCUT2D eigenvalue weighted by Crippen LogP contribution is 2.56. The fraction of sp³-hybridized carbons (Fsp3) is 0.0370. The van der Waals surface area contributed by atoms with Crippen LogP contribution in [0.2, 0.25) is 0 Å². The SMILES string of the molecule is O=S1(=O)c2ccc[n+]3c2-n2c4c1cccc4c1ccc4c(c12)C31c2c(cccc2-n2ccc[n+]21)O4. The molecule has 0 bridgehead atoms. The van der Waals surface area contributed by atoms with Crippen molar-refractivity contribution < 1.29 is 22.4 Å². The molecular weight excluding hydrogens is 460 g/mol. The van der Waals surface area contributed by atoms with Crippen molar-refractivity contribution in [2.75, 3.05) is 0 Å². The molecule has 7 heterocycles. The Morgan fingerprint density at radius 1 is 0.771 bits per heavy atom. The van der Waals surface area contributed by atoms with E-state index < -0.39 is 15.5 Å². The van der Waals surface area contributed by atoms with Crippen molar-refractivity contribution in [3.63, 3.8) is 0 Å². The first-order chi connectivity index (χ1) is 17.1. The lowest BCUT2D eigenvalue weighted by Gasteiger charge is -2.33. The third kappa shape index (κ3) is 1.45. The molecule has 10 rings (SSSR count). The summed E-state index contributed by atoms with van der Waals surface area (Å²) in [5, 5.41) is 1.95. The van der Waals surface area contributed by atoms with Crippen molar-refractivity contribution in [3.8, 4) is 23.0 Å². The average Bonchev–Trinajstić information content (AvgIpc) is 3.56. The van der Waals surface area contributed by atoms with Crippen LogP contribution in [0.15, 0.2) is 95.1 Å². The van der Waals surface area contributed by atoms with E-state index in [0.29, 0.717) is 15.6 Å². The van der Waals surface area contributed by atoms with Gasteiger partial charge in [-0.2, -0.15) is 9.13 Å². The first-order valence-corrected chi connectivity index (χ1v) is 12.9. The van der Waals surface area contributed by atoms with E-state index in [2.05, 4.69) is 36.8 Å². The van der Waals surface area contributed by atoms with Crippen LogP contribution >= 0.6 is 0 Å². The Balaban J connectivity index is 1.62. The van der Waals surface area contributed by atoms with Gasteiger partial charge in [0.25, 0.3) is 0 Å². The van der Waals surface area contributed by atoms with Crippen LogP contribution in [-0.2, 0) is 15.5 Å². The van der Waals surface area contributed by atoms with Crippen LogP contribution in [0.25, 0.3) is 33.3 Å². The fourth-order valence-corrected chi connectivity index (χ4v) is 8.66. The predicted octanol–water partition coefficient (Wildman–Crippen LogP) is 3.33. The first kappa shape index (κ1) is 17.1. The molecule has 164 valence electrons. The van der Waals surface area contributed by atoms with Gasteiger partial charge in [0, 0.05) is 16.8 Å². The number of fused-ring (bicyclic) bond motifs is 3. The van der Waals surface area contributed by atoms with Crippen LogP contribution in [0.4, 0.5) is 0 Å². The largest absolute Gasteiger partial charge is 0.456 e. The summed E-state index contributed by atoms with van der Waals surface area (Å²) in [6, 6.07) is 21.3. The number of benzene rings is 3. The van der Waals surface area contributed by atoms with Crippen molar-refractivity contribution in [3.05, 3.63) is 96.4 Å². The van der Waals surface area contributed by atoms with Crippen LogP contribution in [0.3, 0.4) is 0 Å². The van der Waals surface area contributed by atoms with Gasteiger partial charge >= 0.3 is 11.5 Å². The van der Waals surface area contributed by atoms with Gasteiger partial charge < -0.3 is 4.74 Å². The van der Waals surface area contributed by atoms with Gasteiger partial charge in [-0.1, -0.05) is 16.8 Å². The maximum atomic E-state index is 14.0. The van der Waals surface area contributed by atoms with Crippen LogP contribution in [-0.4, -0.2) is 17.7 Å². The molecule has 1 spiro atoms. The molecule has 6 aromatic rings. The minimum absolute atomic E-state index is 0.319. The summed E-state index contributed by atoms with van der Waals surface area (Å²) >= 11 is 0. The summed E-state index contributed by atoms with van der Waals surface area (Å²) in [6.45, 7) is 0. The molecule has 35 heavy (non-hydrogen) atoms. The smallest absolute Gasteiger partial charge is 0.397 e. The second-order valence-corrected chi connectivity index (χ2v) is 11.4. The standard InChI is InChI=1S/C27H14N4O3S/c32-35(33)20-8-1-5-15-16-10-11-19-23-25(16)31(24(15)20)26-21(35)9-3-12-28(26)27(23)22-17(6-2-7-18(22)34-19)29-13-4-14-30(27)29/h1-14H/q+2. The predicted molar refractivity (Wildman–Crippen MR) is 124 cm³/mol. The summed E-state index contributed by atoms with van der Waals surface area (Å²) in [7, 11) is -3.72. The van der Waals surface area contributed by atoms with Gasteiger partial charge in [0.15, 0.2) is 21.5 Å². The van der Waals surface area contributed by atoms with Crippen LogP contribution in [0.5, 0.6) is 11.5 Å². The molecule has 0 N–H and O–H groups in total. The molecule has 0 fully saturated rings. The Hall–Kier alpha value is -4.43. The maximum absolute atomic E-state index is 14.0. The summed E-state index contributed by atoms with van der Waals surface area (Å²) in [6.07, 6.45) is 6.10. The number of aromatic nitrogens is 4. The van der Waals surface area contributed by atoms with Gasteiger partial charge in [-0.15, -0.1) is 4.68 Å². The van der Waals surface area contributed by atoms with Gasteiger partial charge in [-0.05, 0) is 48.5 Å². The molecule has 1 unspecified atom stereocenters. The Kier molecular flexibility index (Phi) is 2.36. The number of pyridine rings is 1. The van der Waals surface area contributed by atoms with Gasteiger partial charge in [0.2, 0.25) is 16.0 Å². The summed E-state index contributed by atoms with van der Waals surface area (Å²) in [4.78, 5) is 0.667. The highest BCUT2D eigenvalue weighted by atomic mass is 32.2. The van der Waals surface area contributed by atoms with E-state index in [1.165, 1.54) is 0 Å². The number of hydrogen-bond acceptors (Lipinski definition) is 3. The number of nitrogens with zero attached hydrogens (tertiary/aromatic N) is 4. The molecule has 8 heteroatoms. The van der Waals surface area contributed by atoms with Crippen molar-refractivity contribution in [2.24, 2.45) is 0 Å². The van der Waals surface area contributed by atoms with E-state index in [9.17, 15) is 8.42 Å². The van der Waals surface area contributed by atoms with E-state index in [0.717, 1.165) is 50.1 Å². The van der Waals surface area contributed by atoms with E-state index in [4.69, 9.17) is 4.74 Å². The van der Waals surface area contributed by atoms with Crippen molar-refractivity contribution in [1.29, 1.82) is 0 Å². The molecule has 0 saturated carbocycles. The minimum atomic E-state index is -3.72. The first-order valence-electron chi connectivity index (χ1n) is 11.5. The molecule has 3 aromatic carbocycles. The molecule has 4 aliphatic heterocycles. The topological polar surface area (TPSA) is 61.0 Å². The second-order valence-electron chi connectivity index (χ2n) is 9.50. The monoisotopic (exact) mass is 474 g/mol. The molecule has 4 aliphatic rings. The molecule has 7 nitrogen and oxygen atoms in total. The Labute approximate surface area is 198 Å². The third-order valence-corrected chi connectivity index (χ3v) is 9.94. The number of ether oxygens (including phenoxy) is 1. The molecular formula is C27H14N4O3S+2. The zero-order valence-electron chi connectivity index (χ0n) is 18.0. The quantitative estimate of drug-likeness (QED) is 0.317. The third-order valence-electron chi connectivity index (χ3n) is 8.13. The average molecular weight is 475 g/mol. The lowest BCUT2D eigenvalue weighted by atomic mass is 9.84. The highest BCUT2D eigenvalue weighted by molar-refractivity contribution is 7.92. The Morgan fingerprint density at radius 2 is 1.60 bits per heavy atom. The van der Waals surface area contributed by atoms with Gasteiger partial charge in [-0.25, -0.2) is 8.42 Å².